The van der Waals surface area contributed by atoms with E-state index in [1.807, 2.05) is 0 Å². The number of carboxylic acids is 1. The van der Waals surface area contributed by atoms with Crippen LogP contribution in [0.15, 0.2) is 18.2 Å². The Morgan fingerprint density at radius 1 is 1.50 bits per heavy atom. The maximum atomic E-state index is 12.5. The van der Waals surface area contributed by atoms with Crippen LogP contribution in [0.3, 0.4) is 0 Å². The third-order valence-electron chi connectivity index (χ3n) is 1.42. The second-order valence-corrected chi connectivity index (χ2v) is 2.53. The van der Waals surface area contributed by atoms with Crippen molar-refractivity contribution >= 4 is 5.97 Å². The molecule has 0 aromatic heterocycles. The van der Waals surface area contributed by atoms with Gasteiger partial charge in [0.2, 0.25) is 0 Å². The molecule has 0 aliphatic rings. The largest absolute Gasteiger partial charge is 0.507 e. The van der Waals surface area contributed by atoms with Crippen LogP contribution in [0.2, 0.25) is 0 Å². The van der Waals surface area contributed by atoms with Gasteiger partial charge in [-0.3, -0.25) is 4.79 Å². The number of phenolic OH excluding ortho intramolecular Hbond substituents is 1. The fourth-order valence-corrected chi connectivity index (χ4v) is 0.826. The van der Waals surface area contributed by atoms with Crippen LogP contribution in [0.5, 0.6) is 5.75 Å². The highest BCUT2D eigenvalue weighted by atomic mass is 19.1. The van der Waals surface area contributed by atoms with E-state index < -0.39 is 11.8 Å². The minimum Gasteiger partial charge on any atom is -0.507 e. The van der Waals surface area contributed by atoms with E-state index in [9.17, 15) is 9.18 Å². The molecule has 0 saturated carbocycles. The molecule has 2 N–H and O–H groups in total. The lowest BCUT2D eigenvalue weighted by Crippen LogP contribution is -1.90. The van der Waals surface area contributed by atoms with Crippen LogP contribution >= 0.6 is 0 Å². The minimum absolute atomic E-state index is 0.215. The van der Waals surface area contributed by atoms with E-state index in [4.69, 9.17) is 10.2 Å². The third-order valence-corrected chi connectivity index (χ3v) is 1.42. The van der Waals surface area contributed by atoms with E-state index >= 15 is 0 Å². The monoisotopic (exact) mass is 194 g/mol. The molecule has 0 aliphatic heterocycles. The van der Waals surface area contributed by atoms with Crippen molar-refractivity contribution in [2.75, 3.05) is 0 Å². The summed E-state index contributed by atoms with van der Waals surface area (Å²) in [6.45, 7) is 0. The van der Waals surface area contributed by atoms with E-state index in [2.05, 4.69) is 11.8 Å². The van der Waals surface area contributed by atoms with Crippen LogP contribution in [0.4, 0.5) is 4.39 Å². The van der Waals surface area contributed by atoms with Crippen molar-refractivity contribution in [1.29, 1.82) is 0 Å². The second kappa shape index (κ2) is 4.28. The van der Waals surface area contributed by atoms with E-state index in [-0.39, 0.29) is 17.7 Å². The standard InChI is InChI=1S/C10H7FO3/c11-8-5-4-7(9(12)6-8)2-1-3-10(13)14/h4-6,12H,3H2,(H,13,14). The van der Waals surface area contributed by atoms with Crippen LogP contribution in [0.1, 0.15) is 12.0 Å². The van der Waals surface area contributed by atoms with E-state index in [0.29, 0.717) is 0 Å². The molecule has 14 heavy (non-hydrogen) atoms. The molecule has 0 amide bonds. The van der Waals surface area contributed by atoms with Crippen molar-refractivity contribution in [2.45, 2.75) is 6.42 Å². The molecule has 0 saturated heterocycles. The SMILES string of the molecule is O=C(O)CC#Cc1ccc(F)cc1O. The van der Waals surface area contributed by atoms with Gasteiger partial charge in [0.15, 0.2) is 0 Å². The van der Waals surface area contributed by atoms with E-state index in [0.717, 1.165) is 12.1 Å². The van der Waals surface area contributed by atoms with Gasteiger partial charge in [-0.15, -0.1) is 0 Å². The molecule has 3 nitrogen and oxygen atoms in total. The molecule has 1 aromatic carbocycles. The third kappa shape index (κ3) is 2.79. The van der Waals surface area contributed by atoms with Gasteiger partial charge in [-0.2, -0.15) is 0 Å². The van der Waals surface area contributed by atoms with Crippen molar-refractivity contribution in [3.8, 4) is 17.6 Å². The predicted molar refractivity (Wildman–Crippen MR) is 47.2 cm³/mol. The first-order chi connectivity index (χ1) is 6.59. The maximum absolute atomic E-state index is 12.5. The number of aliphatic carboxylic acids is 1. The molecule has 0 heterocycles. The Bertz CT molecular complexity index is 415. The topological polar surface area (TPSA) is 57.5 Å². The number of aromatic hydroxyl groups is 1. The Morgan fingerprint density at radius 2 is 2.21 bits per heavy atom. The first-order valence-electron chi connectivity index (χ1n) is 3.79. The summed E-state index contributed by atoms with van der Waals surface area (Å²) in [5, 5.41) is 17.4. The second-order valence-electron chi connectivity index (χ2n) is 2.53. The first-order valence-corrected chi connectivity index (χ1v) is 3.79. The Morgan fingerprint density at radius 3 is 2.79 bits per heavy atom. The van der Waals surface area contributed by atoms with Gasteiger partial charge < -0.3 is 10.2 Å². The number of hydrogen-bond acceptors (Lipinski definition) is 2. The number of rotatable bonds is 1. The highest BCUT2D eigenvalue weighted by Gasteiger charge is 1.98. The molecular formula is C10H7FO3. The van der Waals surface area contributed by atoms with Crippen LogP contribution in [-0.2, 0) is 4.79 Å². The maximum Gasteiger partial charge on any atom is 0.315 e. The van der Waals surface area contributed by atoms with Gasteiger partial charge in [-0.05, 0) is 12.1 Å². The summed E-state index contributed by atoms with van der Waals surface area (Å²) in [4.78, 5) is 10.1. The molecule has 0 aliphatic carbocycles. The first kappa shape index (κ1) is 10.1. The zero-order valence-corrected chi connectivity index (χ0v) is 7.12. The van der Waals surface area contributed by atoms with Crippen molar-refractivity contribution < 1.29 is 19.4 Å². The average Bonchev–Trinajstić information content (AvgIpc) is 2.08. The summed E-state index contributed by atoms with van der Waals surface area (Å²) in [6.07, 6.45) is -0.309. The van der Waals surface area contributed by atoms with Crippen LogP contribution in [0.25, 0.3) is 0 Å². The van der Waals surface area contributed by atoms with Crippen molar-refractivity contribution in [3.63, 3.8) is 0 Å². The van der Waals surface area contributed by atoms with Crippen LogP contribution in [0, 0.1) is 17.7 Å². The highest BCUT2D eigenvalue weighted by Crippen LogP contribution is 2.16. The lowest BCUT2D eigenvalue weighted by molar-refractivity contribution is -0.135. The van der Waals surface area contributed by atoms with E-state index in [1.165, 1.54) is 6.07 Å². The van der Waals surface area contributed by atoms with Gasteiger partial charge in [0.1, 0.15) is 18.0 Å². The number of halogens is 1. The summed E-state index contributed by atoms with van der Waals surface area (Å²) in [5.74, 6) is 2.86. The van der Waals surface area contributed by atoms with Gasteiger partial charge >= 0.3 is 5.97 Å². The lowest BCUT2D eigenvalue weighted by Gasteiger charge is -1.95. The molecule has 0 atom stereocenters. The zero-order chi connectivity index (χ0) is 10.6. The minimum atomic E-state index is -1.04. The summed E-state index contributed by atoms with van der Waals surface area (Å²) < 4.78 is 12.5. The van der Waals surface area contributed by atoms with E-state index in [1.54, 1.807) is 0 Å². The molecule has 0 bridgehead atoms. The van der Waals surface area contributed by atoms with Crippen molar-refractivity contribution in [3.05, 3.63) is 29.6 Å². The molecule has 0 radical (unpaired) electrons. The summed E-state index contributed by atoms with van der Waals surface area (Å²) in [7, 11) is 0. The molecule has 1 rings (SSSR count). The Hall–Kier alpha value is -2.02. The Labute approximate surface area is 79.8 Å². The molecule has 72 valence electrons. The fraction of sp³-hybridized carbons (Fsp3) is 0.100. The molecule has 0 spiro atoms. The Balaban J connectivity index is 2.85. The fourth-order valence-electron chi connectivity index (χ4n) is 0.826. The molecular weight excluding hydrogens is 187 g/mol. The summed E-state index contributed by atoms with van der Waals surface area (Å²) in [5.41, 5.74) is 0.215. The van der Waals surface area contributed by atoms with Crippen molar-refractivity contribution in [2.24, 2.45) is 0 Å². The van der Waals surface area contributed by atoms with Gasteiger partial charge in [0.25, 0.3) is 0 Å². The highest BCUT2D eigenvalue weighted by molar-refractivity contribution is 5.70. The van der Waals surface area contributed by atoms with Gasteiger partial charge in [0.05, 0.1) is 5.56 Å². The smallest absolute Gasteiger partial charge is 0.315 e. The molecule has 0 fully saturated rings. The number of phenols is 1. The number of carboxylic acid groups (broad SMARTS) is 1. The van der Waals surface area contributed by atoms with Crippen molar-refractivity contribution in [1.82, 2.24) is 0 Å². The predicted octanol–water partition coefficient (Wildman–Crippen LogP) is 1.36. The summed E-state index contributed by atoms with van der Waals surface area (Å²) in [6, 6.07) is 3.36. The molecule has 1 aromatic rings. The summed E-state index contributed by atoms with van der Waals surface area (Å²) >= 11 is 0. The van der Waals surface area contributed by atoms with Gasteiger partial charge in [-0.1, -0.05) is 11.8 Å². The van der Waals surface area contributed by atoms with Gasteiger partial charge in [-0.25, -0.2) is 4.39 Å². The number of carbonyl (C=O) groups is 1. The Kier molecular flexibility index (Phi) is 3.08. The normalized spacial score (nSPS) is 8.93. The number of hydrogen-bond donors (Lipinski definition) is 2. The van der Waals surface area contributed by atoms with Crippen LogP contribution < -0.4 is 0 Å². The molecule has 0 unspecified atom stereocenters. The average molecular weight is 194 g/mol. The lowest BCUT2D eigenvalue weighted by atomic mass is 10.2. The van der Waals surface area contributed by atoms with Crippen LogP contribution in [-0.4, -0.2) is 16.2 Å². The van der Waals surface area contributed by atoms with Gasteiger partial charge in [0, 0.05) is 6.07 Å². The number of benzene rings is 1. The quantitative estimate of drug-likeness (QED) is 0.663. The zero-order valence-electron chi connectivity index (χ0n) is 7.12. The molecule has 4 heteroatoms.